The minimum Gasteiger partial charge on any atom is -0.377 e. The molecule has 0 bridgehead atoms. The van der Waals surface area contributed by atoms with E-state index < -0.39 is 0 Å². The molecule has 4 nitrogen and oxygen atoms in total. The minimum atomic E-state index is 0.414. The molecule has 0 amide bonds. The number of ether oxygens (including phenoxy) is 1. The van der Waals surface area contributed by atoms with Crippen molar-refractivity contribution in [2.75, 3.05) is 19.0 Å². The van der Waals surface area contributed by atoms with Gasteiger partial charge in [0.05, 0.1) is 9.26 Å². The van der Waals surface area contributed by atoms with Gasteiger partial charge in [0.25, 0.3) is 0 Å². The lowest BCUT2D eigenvalue weighted by molar-refractivity contribution is 0.178. The Kier molecular flexibility index (Phi) is 5.72. The van der Waals surface area contributed by atoms with Gasteiger partial charge in [-0.25, -0.2) is 9.97 Å². The fraction of sp³-hybridized carbons (Fsp3) is 0.333. The number of nitrogens with zero attached hydrogens (tertiary/aromatic N) is 2. The normalized spacial score (nSPS) is 10.6. The van der Waals surface area contributed by atoms with Crippen molar-refractivity contribution in [3.05, 3.63) is 39.7 Å². The first kappa shape index (κ1) is 15.2. The molecule has 0 spiro atoms. The van der Waals surface area contributed by atoms with Gasteiger partial charge in [0, 0.05) is 19.2 Å². The molecule has 1 N–H and O–H groups in total. The van der Waals surface area contributed by atoms with E-state index in [0.29, 0.717) is 12.4 Å². The van der Waals surface area contributed by atoms with Crippen molar-refractivity contribution in [2.45, 2.75) is 20.0 Å². The monoisotopic (exact) mass is 383 g/mol. The van der Waals surface area contributed by atoms with Crippen LogP contribution in [0.5, 0.6) is 0 Å². The molecular formula is C15H18IN3O. The first-order valence-electron chi connectivity index (χ1n) is 6.61. The molecule has 0 radical (unpaired) electrons. The molecule has 2 aromatic rings. The second-order valence-corrected chi connectivity index (χ2v) is 5.46. The van der Waals surface area contributed by atoms with Crippen molar-refractivity contribution in [2.24, 2.45) is 0 Å². The number of aromatic nitrogens is 2. The maximum absolute atomic E-state index is 5.16. The van der Waals surface area contributed by atoms with Crippen molar-refractivity contribution < 1.29 is 4.74 Å². The standard InChI is InChI=1S/C15H18IN3O/c1-3-9-17-15-13(16)14(11-7-5-4-6-8-11)18-12(19-15)10-20-2/h4-8H,3,9-10H2,1-2H3,(H,17,18,19). The van der Waals surface area contributed by atoms with Crippen LogP contribution >= 0.6 is 22.6 Å². The van der Waals surface area contributed by atoms with Crippen LogP contribution in [0.15, 0.2) is 30.3 Å². The van der Waals surface area contributed by atoms with Gasteiger partial charge >= 0.3 is 0 Å². The van der Waals surface area contributed by atoms with Crippen molar-refractivity contribution in [1.82, 2.24) is 9.97 Å². The van der Waals surface area contributed by atoms with Crippen LogP contribution < -0.4 is 5.32 Å². The van der Waals surface area contributed by atoms with Crippen LogP contribution in [0, 0.1) is 3.57 Å². The number of hydrogen-bond acceptors (Lipinski definition) is 4. The third kappa shape index (κ3) is 3.67. The second kappa shape index (κ2) is 7.54. The Hall–Kier alpha value is -1.21. The highest BCUT2D eigenvalue weighted by molar-refractivity contribution is 14.1. The zero-order valence-electron chi connectivity index (χ0n) is 11.7. The third-order valence-electron chi connectivity index (χ3n) is 2.76. The lowest BCUT2D eigenvalue weighted by atomic mass is 10.1. The number of nitrogens with one attached hydrogen (secondary N) is 1. The average molecular weight is 383 g/mol. The van der Waals surface area contributed by atoms with Gasteiger partial charge in [0.1, 0.15) is 12.4 Å². The molecule has 2 rings (SSSR count). The van der Waals surface area contributed by atoms with Gasteiger partial charge in [-0.05, 0) is 29.0 Å². The molecule has 106 valence electrons. The van der Waals surface area contributed by atoms with Crippen LogP contribution in [0.4, 0.5) is 5.82 Å². The summed E-state index contributed by atoms with van der Waals surface area (Å²) >= 11 is 2.30. The smallest absolute Gasteiger partial charge is 0.157 e. The summed E-state index contributed by atoms with van der Waals surface area (Å²) in [4.78, 5) is 9.15. The van der Waals surface area contributed by atoms with Crippen molar-refractivity contribution in [3.8, 4) is 11.3 Å². The van der Waals surface area contributed by atoms with E-state index in [9.17, 15) is 0 Å². The van der Waals surface area contributed by atoms with Crippen LogP contribution in [-0.4, -0.2) is 23.6 Å². The summed E-state index contributed by atoms with van der Waals surface area (Å²) in [5.74, 6) is 1.58. The van der Waals surface area contributed by atoms with E-state index >= 15 is 0 Å². The highest BCUT2D eigenvalue weighted by Crippen LogP contribution is 2.28. The van der Waals surface area contributed by atoms with E-state index in [1.165, 1.54) is 0 Å². The molecular weight excluding hydrogens is 365 g/mol. The van der Waals surface area contributed by atoms with E-state index in [4.69, 9.17) is 4.74 Å². The number of methoxy groups -OCH3 is 1. The first-order chi connectivity index (χ1) is 9.76. The summed E-state index contributed by atoms with van der Waals surface area (Å²) in [6.07, 6.45) is 1.06. The molecule has 5 heteroatoms. The number of benzene rings is 1. The van der Waals surface area contributed by atoms with Gasteiger partial charge in [-0.15, -0.1) is 0 Å². The molecule has 0 aliphatic rings. The number of rotatable bonds is 6. The van der Waals surface area contributed by atoms with E-state index in [-0.39, 0.29) is 0 Å². The molecule has 0 aliphatic heterocycles. The summed E-state index contributed by atoms with van der Waals surface area (Å²) in [5, 5.41) is 3.36. The third-order valence-corrected chi connectivity index (χ3v) is 3.78. The Balaban J connectivity index is 2.46. The van der Waals surface area contributed by atoms with Crippen LogP contribution in [0.25, 0.3) is 11.3 Å². The highest BCUT2D eigenvalue weighted by Gasteiger charge is 2.13. The molecule has 1 aromatic carbocycles. The molecule has 0 atom stereocenters. The van der Waals surface area contributed by atoms with E-state index in [1.807, 2.05) is 18.2 Å². The van der Waals surface area contributed by atoms with Crippen LogP contribution in [0.2, 0.25) is 0 Å². The molecule has 0 saturated heterocycles. The van der Waals surface area contributed by atoms with E-state index in [2.05, 4.69) is 56.9 Å². The Morgan fingerprint density at radius 2 is 1.95 bits per heavy atom. The van der Waals surface area contributed by atoms with Crippen molar-refractivity contribution >= 4 is 28.4 Å². The lowest BCUT2D eigenvalue weighted by Crippen LogP contribution is -2.09. The van der Waals surface area contributed by atoms with Gasteiger partial charge < -0.3 is 10.1 Å². The van der Waals surface area contributed by atoms with Gasteiger partial charge in [-0.2, -0.15) is 0 Å². The van der Waals surface area contributed by atoms with E-state index in [1.54, 1.807) is 7.11 Å². The van der Waals surface area contributed by atoms with Crippen LogP contribution in [-0.2, 0) is 11.3 Å². The lowest BCUT2D eigenvalue weighted by Gasteiger charge is -2.12. The van der Waals surface area contributed by atoms with E-state index in [0.717, 1.165) is 33.6 Å². The number of hydrogen-bond donors (Lipinski definition) is 1. The predicted molar refractivity (Wildman–Crippen MR) is 89.7 cm³/mol. The highest BCUT2D eigenvalue weighted by atomic mass is 127. The Labute approximate surface area is 133 Å². The largest absolute Gasteiger partial charge is 0.377 e. The van der Waals surface area contributed by atoms with Crippen molar-refractivity contribution in [3.63, 3.8) is 0 Å². The second-order valence-electron chi connectivity index (χ2n) is 4.38. The summed E-state index contributed by atoms with van der Waals surface area (Å²) in [6.45, 7) is 3.44. The molecule has 20 heavy (non-hydrogen) atoms. The summed E-state index contributed by atoms with van der Waals surface area (Å²) in [6, 6.07) is 10.2. The van der Waals surface area contributed by atoms with Gasteiger partial charge in [-0.3, -0.25) is 0 Å². The number of anilines is 1. The Morgan fingerprint density at radius 1 is 1.20 bits per heavy atom. The maximum Gasteiger partial charge on any atom is 0.157 e. The first-order valence-corrected chi connectivity index (χ1v) is 7.68. The molecule has 0 aliphatic carbocycles. The van der Waals surface area contributed by atoms with Crippen molar-refractivity contribution in [1.29, 1.82) is 0 Å². The molecule has 0 fully saturated rings. The van der Waals surface area contributed by atoms with Crippen LogP contribution in [0.1, 0.15) is 19.2 Å². The quantitative estimate of drug-likeness (QED) is 0.773. The zero-order chi connectivity index (χ0) is 14.4. The van der Waals surface area contributed by atoms with Gasteiger partial charge in [0.15, 0.2) is 5.82 Å². The maximum atomic E-state index is 5.16. The summed E-state index contributed by atoms with van der Waals surface area (Å²) in [7, 11) is 1.66. The predicted octanol–water partition coefficient (Wildman–Crippen LogP) is 3.72. The molecule has 0 saturated carbocycles. The fourth-order valence-electron chi connectivity index (χ4n) is 1.83. The Bertz CT molecular complexity index is 561. The van der Waals surface area contributed by atoms with Crippen LogP contribution in [0.3, 0.4) is 0 Å². The van der Waals surface area contributed by atoms with Gasteiger partial charge in [0.2, 0.25) is 0 Å². The SMILES string of the molecule is CCCNc1nc(COC)nc(-c2ccccc2)c1I. The fourth-order valence-corrected chi connectivity index (χ4v) is 2.58. The topological polar surface area (TPSA) is 47.0 Å². The minimum absolute atomic E-state index is 0.414. The summed E-state index contributed by atoms with van der Waals surface area (Å²) < 4.78 is 6.21. The Morgan fingerprint density at radius 3 is 2.60 bits per heavy atom. The summed E-state index contributed by atoms with van der Waals surface area (Å²) in [5.41, 5.74) is 2.04. The average Bonchev–Trinajstić information content (AvgIpc) is 2.48. The zero-order valence-corrected chi connectivity index (χ0v) is 13.8. The number of halogens is 1. The molecule has 1 aromatic heterocycles. The molecule has 1 heterocycles. The molecule has 0 unspecified atom stereocenters. The van der Waals surface area contributed by atoms with Gasteiger partial charge in [-0.1, -0.05) is 37.3 Å².